The molecule has 3 aliphatic rings. The Morgan fingerprint density at radius 3 is 2.18 bits per heavy atom. The molecule has 1 heterocycles. The van der Waals surface area contributed by atoms with Crippen LogP contribution in [0.1, 0.15) is 51.4 Å². The van der Waals surface area contributed by atoms with Gasteiger partial charge in [0.15, 0.2) is 0 Å². The van der Waals surface area contributed by atoms with Gasteiger partial charge in [0.1, 0.15) is 0 Å². The van der Waals surface area contributed by atoms with Crippen molar-refractivity contribution < 1.29 is 9.90 Å². The van der Waals surface area contributed by atoms with Gasteiger partial charge in [-0.1, -0.05) is 12.8 Å². The number of rotatable bonds is 2. The Kier molecular flexibility index (Phi) is 2.89. The number of hydrogen-bond donors (Lipinski definition) is 1. The maximum Gasteiger partial charge on any atom is 0.308 e. The van der Waals surface area contributed by atoms with Crippen molar-refractivity contribution in [3.63, 3.8) is 0 Å². The zero-order valence-electron chi connectivity index (χ0n) is 10.5. The molecule has 3 nitrogen and oxygen atoms in total. The molecule has 17 heavy (non-hydrogen) atoms. The molecule has 0 aromatic carbocycles. The Morgan fingerprint density at radius 2 is 1.71 bits per heavy atom. The van der Waals surface area contributed by atoms with Gasteiger partial charge in [-0.05, 0) is 57.0 Å². The third kappa shape index (κ3) is 1.99. The summed E-state index contributed by atoms with van der Waals surface area (Å²) in [6.07, 6.45) is 10.3. The Morgan fingerprint density at radius 1 is 1.06 bits per heavy atom. The van der Waals surface area contributed by atoms with E-state index < -0.39 is 5.97 Å². The van der Waals surface area contributed by atoms with Gasteiger partial charge >= 0.3 is 5.97 Å². The molecule has 3 rings (SSSR count). The first-order chi connectivity index (χ1) is 8.20. The van der Waals surface area contributed by atoms with Gasteiger partial charge in [0.05, 0.1) is 5.92 Å². The van der Waals surface area contributed by atoms with E-state index >= 15 is 0 Å². The second-order valence-corrected chi connectivity index (χ2v) is 6.33. The summed E-state index contributed by atoms with van der Waals surface area (Å²) in [5.74, 6) is -0.657. The van der Waals surface area contributed by atoms with Crippen LogP contribution in [0.5, 0.6) is 0 Å². The van der Waals surface area contributed by atoms with Gasteiger partial charge in [0, 0.05) is 6.04 Å². The molecule has 0 aromatic heterocycles. The van der Waals surface area contributed by atoms with Crippen LogP contribution in [0, 0.1) is 11.3 Å². The Balaban J connectivity index is 1.56. The van der Waals surface area contributed by atoms with E-state index in [1.165, 1.54) is 38.5 Å². The number of piperidine rings is 1. The van der Waals surface area contributed by atoms with E-state index in [9.17, 15) is 4.79 Å². The normalized spacial score (nSPS) is 36.9. The van der Waals surface area contributed by atoms with Crippen LogP contribution < -0.4 is 0 Å². The lowest BCUT2D eigenvalue weighted by Gasteiger charge is -2.48. The van der Waals surface area contributed by atoms with Gasteiger partial charge in [-0.15, -0.1) is 0 Å². The highest BCUT2D eigenvalue weighted by Gasteiger charge is 2.44. The van der Waals surface area contributed by atoms with Crippen molar-refractivity contribution in [1.29, 1.82) is 0 Å². The highest BCUT2D eigenvalue weighted by molar-refractivity contribution is 5.72. The summed E-state index contributed by atoms with van der Waals surface area (Å²) in [6.45, 7) is 2.29. The smallest absolute Gasteiger partial charge is 0.308 e. The standard InChI is InChI=1S/C14H23NO2/c16-13(17)11-3-4-12(11)15-9-7-14(8-10-15)5-1-2-6-14/h11-12H,1-10H2,(H,16,17). The topological polar surface area (TPSA) is 40.5 Å². The lowest BCUT2D eigenvalue weighted by molar-refractivity contribution is -0.149. The second kappa shape index (κ2) is 4.27. The van der Waals surface area contributed by atoms with E-state index in [1.807, 2.05) is 0 Å². The summed E-state index contributed by atoms with van der Waals surface area (Å²) in [5, 5.41) is 9.11. The molecular formula is C14H23NO2. The predicted molar refractivity (Wildman–Crippen MR) is 65.9 cm³/mol. The lowest BCUT2D eigenvalue weighted by Crippen LogP contribution is -2.53. The maximum absolute atomic E-state index is 11.1. The third-order valence-electron chi connectivity index (χ3n) is 5.55. The molecule has 1 N–H and O–H groups in total. The number of nitrogens with zero attached hydrogens (tertiary/aromatic N) is 1. The average molecular weight is 237 g/mol. The molecule has 3 fully saturated rings. The van der Waals surface area contributed by atoms with Gasteiger partial charge < -0.3 is 5.11 Å². The molecule has 0 aromatic rings. The molecule has 96 valence electrons. The van der Waals surface area contributed by atoms with Crippen molar-refractivity contribution >= 4 is 5.97 Å². The molecule has 1 saturated heterocycles. The summed E-state index contributed by atoms with van der Waals surface area (Å²) >= 11 is 0. The van der Waals surface area contributed by atoms with E-state index in [2.05, 4.69) is 4.90 Å². The Labute approximate surface area is 103 Å². The Bertz CT molecular complexity index is 299. The average Bonchev–Trinajstić information content (AvgIpc) is 2.68. The SMILES string of the molecule is O=C(O)C1CCC1N1CCC2(CCCC2)CC1. The summed E-state index contributed by atoms with van der Waals surface area (Å²) < 4.78 is 0. The number of carboxylic acids is 1. The van der Waals surface area contributed by atoms with Gasteiger partial charge in [0.25, 0.3) is 0 Å². The summed E-state index contributed by atoms with van der Waals surface area (Å²) in [5.41, 5.74) is 0.652. The monoisotopic (exact) mass is 237 g/mol. The van der Waals surface area contributed by atoms with Gasteiger partial charge in [0.2, 0.25) is 0 Å². The quantitative estimate of drug-likeness (QED) is 0.802. The van der Waals surface area contributed by atoms with Crippen LogP contribution in [0.4, 0.5) is 0 Å². The summed E-state index contributed by atoms with van der Waals surface area (Å²) in [7, 11) is 0. The second-order valence-electron chi connectivity index (χ2n) is 6.33. The first-order valence-corrected chi connectivity index (χ1v) is 7.17. The van der Waals surface area contributed by atoms with Crippen molar-refractivity contribution in [2.45, 2.75) is 57.4 Å². The first kappa shape index (κ1) is 11.5. The third-order valence-corrected chi connectivity index (χ3v) is 5.55. The first-order valence-electron chi connectivity index (χ1n) is 7.17. The molecule has 2 unspecified atom stereocenters. The van der Waals surface area contributed by atoms with Crippen molar-refractivity contribution in [3.8, 4) is 0 Å². The van der Waals surface area contributed by atoms with Crippen molar-refractivity contribution in [1.82, 2.24) is 4.90 Å². The maximum atomic E-state index is 11.1. The van der Waals surface area contributed by atoms with Crippen LogP contribution in [-0.2, 0) is 4.79 Å². The molecule has 0 amide bonds. The lowest BCUT2D eigenvalue weighted by atomic mass is 9.73. The fourth-order valence-corrected chi connectivity index (χ4v) is 4.16. The molecule has 0 radical (unpaired) electrons. The van der Waals surface area contributed by atoms with Crippen LogP contribution in [0.25, 0.3) is 0 Å². The highest BCUT2D eigenvalue weighted by Crippen LogP contribution is 2.47. The fourth-order valence-electron chi connectivity index (χ4n) is 4.16. The fraction of sp³-hybridized carbons (Fsp3) is 0.929. The zero-order valence-corrected chi connectivity index (χ0v) is 10.5. The van der Waals surface area contributed by atoms with Crippen molar-refractivity contribution in [3.05, 3.63) is 0 Å². The number of aliphatic carboxylic acids is 1. The number of carboxylic acid groups (broad SMARTS) is 1. The predicted octanol–water partition coefficient (Wildman–Crippen LogP) is 2.51. The molecule has 2 aliphatic carbocycles. The van der Waals surface area contributed by atoms with Gasteiger partial charge in [-0.25, -0.2) is 0 Å². The van der Waals surface area contributed by atoms with Crippen LogP contribution >= 0.6 is 0 Å². The van der Waals surface area contributed by atoms with Crippen LogP contribution in [-0.4, -0.2) is 35.1 Å². The molecule has 3 heteroatoms. The summed E-state index contributed by atoms with van der Waals surface area (Å²) in [6, 6.07) is 0.353. The molecular weight excluding hydrogens is 214 g/mol. The number of hydrogen-bond acceptors (Lipinski definition) is 2. The van der Waals surface area contributed by atoms with Gasteiger partial charge in [-0.2, -0.15) is 0 Å². The van der Waals surface area contributed by atoms with E-state index in [0.717, 1.165) is 25.9 Å². The zero-order chi connectivity index (χ0) is 11.9. The molecule has 1 aliphatic heterocycles. The van der Waals surface area contributed by atoms with Crippen molar-refractivity contribution in [2.75, 3.05) is 13.1 Å². The van der Waals surface area contributed by atoms with Crippen LogP contribution in [0.15, 0.2) is 0 Å². The van der Waals surface area contributed by atoms with E-state index in [0.29, 0.717) is 11.5 Å². The van der Waals surface area contributed by atoms with E-state index in [4.69, 9.17) is 5.11 Å². The number of carbonyl (C=O) groups is 1. The van der Waals surface area contributed by atoms with Crippen LogP contribution in [0.2, 0.25) is 0 Å². The molecule has 2 atom stereocenters. The number of likely N-dealkylation sites (tertiary alicyclic amines) is 1. The minimum atomic E-state index is -0.581. The van der Waals surface area contributed by atoms with E-state index in [-0.39, 0.29) is 5.92 Å². The van der Waals surface area contributed by atoms with Crippen LogP contribution in [0.3, 0.4) is 0 Å². The Hall–Kier alpha value is -0.570. The highest BCUT2D eigenvalue weighted by atomic mass is 16.4. The largest absolute Gasteiger partial charge is 0.481 e. The molecule has 1 spiro atoms. The minimum Gasteiger partial charge on any atom is -0.481 e. The minimum absolute atomic E-state index is 0.0763. The van der Waals surface area contributed by atoms with E-state index in [1.54, 1.807) is 0 Å². The summed E-state index contributed by atoms with van der Waals surface area (Å²) in [4.78, 5) is 13.5. The van der Waals surface area contributed by atoms with Gasteiger partial charge in [-0.3, -0.25) is 9.69 Å². The molecule has 2 saturated carbocycles. The molecule has 0 bridgehead atoms. The van der Waals surface area contributed by atoms with Crippen molar-refractivity contribution in [2.24, 2.45) is 11.3 Å².